The Bertz CT molecular complexity index is 689. The Morgan fingerprint density at radius 1 is 1.16 bits per heavy atom. The Balaban J connectivity index is 1.45. The van der Waals surface area contributed by atoms with Crippen LogP contribution in [0.2, 0.25) is 0 Å². The zero-order valence-corrected chi connectivity index (χ0v) is 10.4. The highest BCUT2D eigenvalue weighted by Gasteiger charge is 2.39. The van der Waals surface area contributed by atoms with Gasteiger partial charge in [-0.1, -0.05) is 42.5 Å². The van der Waals surface area contributed by atoms with E-state index in [1.54, 1.807) is 0 Å². The Morgan fingerprint density at radius 3 is 2.84 bits per heavy atom. The fourth-order valence-electron chi connectivity index (χ4n) is 2.73. The zero-order chi connectivity index (χ0) is 12.8. The lowest BCUT2D eigenvalue weighted by Gasteiger charge is -2.08. The van der Waals surface area contributed by atoms with Gasteiger partial charge in [-0.05, 0) is 34.4 Å². The van der Waals surface area contributed by atoms with Gasteiger partial charge in [0.1, 0.15) is 0 Å². The molecule has 0 spiro atoms. The van der Waals surface area contributed by atoms with Gasteiger partial charge in [0.05, 0.1) is 0 Å². The van der Waals surface area contributed by atoms with Crippen LogP contribution in [0, 0.1) is 5.92 Å². The Labute approximate surface area is 111 Å². The normalized spacial score (nSPS) is 21.8. The lowest BCUT2D eigenvalue weighted by atomic mass is 10.0. The van der Waals surface area contributed by atoms with E-state index in [1.807, 2.05) is 36.4 Å². The van der Waals surface area contributed by atoms with Gasteiger partial charge >= 0.3 is 0 Å². The van der Waals surface area contributed by atoms with E-state index < -0.39 is 0 Å². The van der Waals surface area contributed by atoms with E-state index >= 15 is 0 Å². The van der Waals surface area contributed by atoms with Gasteiger partial charge in [0.2, 0.25) is 0 Å². The number of fused-ring (bicyclic) bond motifs is 3. The van der Waals surface area contributed by atoms with Crippen molar-refractivity contribution in [1.29, 1.82) is 0 Å². The van der Waals surface area contributed by atoms with E-state index in [4.69, 9.17) is 0 Å². The number of benzene rings is 1. The summed E-state index contributed by atoms with van der Waals surface area (Å²) < 4.78 is 0. The summed E-state index contributed by atoms with van der Waals surface area (Å²) in [5.41, 5.74) is 5.70. The van der Waals surface area contributed by atoms with E-state index in [-0.39, 0.29) is 5.91 Å². The first-order valence-electron chi connectivity index (χ1n) is 6.51. The van der Waals surface area contributed by atoms with Crippen LogP contribution >= 0.6 is 0 Å². The highest BCUT2D eigenvalue weighted by molar-refractivity contribution is 6.02. The summed E-state index contributed by atoms with van der Waals surface area (Å²) in [4.78, 5) is 12.2. The molecule has 1 amide bonds. The predicted molar refractivity (Wildman–Crippen MR) is 74.1 cm³/mol. The van der Waals surface area contributed by atoms with Gasteiger partial charge in [-0.15, -0.1) is 0 Å². The maximum Gasteiger partial charge on any atom is 0.252 e. The molecule has 1 unspecified atom stereocenters. The molecule has 0 saturated heterocycles. The molecule has 4 rings (SSSR count). The van der Waals surface area contributed by atoms with Gasteiger partial charge < -0.3 is 5.32 Å². The summed E-state index contributed by atoms with van der Waals surface area (Å²) in [6.07, 6.45) is 8.38. The number of hydrogen-bond donors (Lipinski definition) is 1. The molecule has 0 heterocycles. The molecule has 2 heteroatoms. The van der Waals surface area contributed by atoms with Crippen molar-refractivity contribution in [3.8, 4) is 0 Å². The number of nitrogens with one attached hydrogen (secondary N) is 1. The number of carbonyl (C=O) groups excluding carboxylic acids is 1. The molecule has 1 aromatic carbocycles. The highest BCUT2D eigenvalue weighted by Crippen LogP contribution is 2.51. The largest absolute Gasteiger partial charge is 0.348 e. The van der Waals surface area contributed by atoms with Crippen LogP contribution < -0.4 is 5.32 Å². The summed E-state index contributed by atoms with van der Waals surface area (Å²) in [6, 6.07) is 9.97. The first-order chi connectivity index (χ1) is 9.33. The molecule has 0 bridgehead atoms. The minimum Gasteiger partial charge on any atom is -0.348 e. The van der Waals surface area contributed by atoms with Crippen molar-refractivity contribution in [3.05, 3.63) is 82.5 Å². The summed E-state index contributed by atoms with van der Waals surface area (Å²) in [5, 5.41) is 2.98. The molecule has 3 aliphatic rings. The lowest BCUT2D eigenvalue weighted by molar-refractivity contribution is -0.117. The second-order valence-electron chi connectivity index (χ2n) is 5.07. The van der Waals surface area contributed by atoms with Crippen LogP contribution in [0.25, 0.3) is 0 Å². The molecule has 1 atom stereocenters. The molecule has 1 aromatic rings. The second-order valence-corrected chi connectivity index (χ2v) is 5.07. The first kappa shape index (κ1) is 10.6. The topological polar surface area (TPSA) is 29.1 Å². The summed E-state index contributed by atoms with van der Waals surface area (Å²) in [5.74, 6) is 0.522. The smallest absolute Gasteiger partial charge is 0.252 e. The van der Waals surface area contributed by atoms with Crippen LogP contribution in [0.3, 0.4) is 0 Å². The van der Waals surface area contributed by atoms with Crippen LogP contribution in [0.1, 0.15) is 5.56 Å². The van der Waals surface area contributed by atoms with Gasteiger partial charge in [-0.2, -0.15) is 0 Å². The van der Waals surface area contributed by atoms with Gasteiger partial charge in [-0.25, -0.2) is 0 Å². The molecule has 0 aromatic heterocycles. The van der Waals surface area contributed by atoms with Crippen LogP contribution in [0.5, 0.6) is 0 Å². The van der Waals surface area contributed by atoms with E-state index in [0.717, 1.165) is 16.7 Å². The van der Waals surface area contributed by atoms with Crippen LogP contribution in [-0.2, 0) is 11.3 Å². The molecule has 0 saturated carbocycles. The minimum absolute atomic E-state index is 0.0169. The number of amides is 1. The maximum absolute atomic E-state index is 12.2. The Kier molecular flexibility index (Phi) is 2.12. The molecule has 1 N–H and O–H groups in total. The maximum atomic E-state index is 12.2. The van der Waals surface area contributed by atoms with E-state index in [2.05, 4.69) is 23.5 Å². The van der Waals surface area contributed by atoms with Gasteiger partial charge in [0.15, 0.2) is 0 Å². The fraction of sp³-hybridized carbons (Fsp3) is 0.118. The van der Waals surface area contributed by atoms with E-state index in [9.17, 15) is 4.79 Å². The molecular weight excluding hydrogens is 234 g/mol. The quantitative estimate of drug-likeness (QED) is 0.874. The van der Waals surface area contributed by atoms with E-state index in [0.29, 0.717) is 12.5 Å². The van der Waals surface area contributed by atoms with Crippen molar-refractivity contribution in [1.82, 2.24) is 5.32 Å². The third-order valence-corrected chi connectivity index (χ3v) is 3.83. The standard InChI is InChI=1S/C17H13NO/c19-17(18-10-11-4-2-1-3-5-11)14-7-6-13-15-8-12(15)9-16(13)14/h1-9,15H,10H2,(H,18,19). The van der Waals surface area contributed by atoms with Crippen molar-refractivity contribution < 1.29 is 4.79 Å². The average Bonchev–Trinajstić information content (AvgIpc) is 2.93. The summed E-state index contributed by atoms with van der Waals surface area (Å²) in [6.45, 7) is 0.575. The second kappa shape index (κ2) is 3.82. The van der Waals surface area contributed by atoms with Crippen LogP contribution in [-0.4, -0.2) is 5.91 Å². The number of hydrogen-bond acceptors (Lipinski definition) is 1. The molecule has 0 fully saturated rings. The van der Waals surface area contributed by atoms with Crippen molar-refractivity contribution in [2.75, 3.05) is 0 Å². The molecule has 0 aliphatic heterocycles. The molecule has 0 radical (unpaired) electrons. The molecule has 19 heavy (non-hydrogen) atoms. The highest BCUT2D eigenvalue weighted by atomic mass is 16.1. The van der Waals surface area contributed by atoms with Crippen LogP contribution in [0.15, 0.2) is 76.9 Å². The molecule has 92 valence electrons. The zero-order valence-electron chi connectivity index (χ0n) is 10.4. The van der Waals surface area contributed by atoms with Crippen molar-refractivity contribution in [2.45, 2.75) is 6.54 Å². The Morgan fingerprint density at radius 2 is 2.00 bits per heavy atom. The third kappa shape index (κ3) is 1.68. The van der Waals surface area contributed by atoms with Crippen molar-refractivity contribution in [2.24, 2.45) is 5.92 Å². The Hall–Kier alpha value is -2.35. The summed E-state index contributed by atoms with van der Waals surface area (Å²) >= 11 is 0. The molecule has 3 aliphatic carbocycles. The monoisotopic (exact) mass is 247 g/mol. The third-order valence-electron chi connectivity index (χ3n) is 3.83. The van der Waals surface area contributed by atoms with E-state index in [1.165, 1.54) is 11.1 Å². The van der Waals surface area contributed by atoms with Crippen molar-refractivity contribution in [3.63, 3.8) is 0 Å². The van der Waals surface area contributed by atoms with Gasteiger partial charge in [0.25, 0.3) is 5.91 Å². The minimum atomic E-state index is 0.0169. The predicted octanol–water partition coefficient (Wildman–Crippen LogP) is 2.67. The SMILES string of the molecule is O=C(NCc1ccccc1)C1=CC=C2C1=CC1=CC12. The van der Waals surface area contributed by atoms with Crippen molar-refractivity contribution >= 4 is 5.91 Å². The first-order valence-corrected chi connectivity index (χ1v) is 6.51. The van der Waals surface area contributed by atoms with Gasteiger partial charge in [0, 0.05) is 18.0 Å². The molecule has 2 nitrogen and oxygen atoms in total. The fourth-order valence-corrected chi connectivity index (χ4v) is 2.73. The number of carbonyl (C=O) groups is 1. The average molecular weight is 247 g/mol. The molecular formula is C17H13NO. The number of rotatable bonds is 3. The van der Waals surface area contributed by atoms with Gasteiger partial charge in [-0.3, -0.25) is 4.79 Å². The van der Waals surface area contributed by atoms with Crippen LogP contribution in [0.4, 0.5) is 0 Å². The number of allylic oxidation sites excluding steroid dienone is 6. The lowest BCUT2D eigenvalue weighted by Crippen LogP contribution is -2.24. The summed E-state index contributed by atoms with van der Waals surface area (Å²) in [7, 11) is 0.